The molecule has 5 heteroatoms. The third kappa shape index (κ3) is 2.94. The van der Waals surface area contributed by atoms with Crippen molar-refractivity contribution in [2.24, 2.45) is 0 Å². The number of aromatic amines is 1. The first kappa shape index (κ1) is 11.9. The summed E-state index contributed by atoms with van der Waals surface area (Å²) in [6.45, 7) is 0. The van der Waals surface area contributed by atoms with Gasteiger partial charge in [-0.15, -0.1) is 0 Å². The number of esters is 1. The summed E-state index contributed by atoms with van der Waals surface area (Å²) in [6.07, 6.45) is 2.14. The second kappa shape index (κ2) is 5.14. The van der Waals surface area contributed by atoms with Gasteiger partial charge in [0.15, 0.2) is 0 Å². The van der Waals surface area contributed by atoms with Gasteiger partial charge in [-0.3, -0.25) is 0 Å². The Bertz CT molecular complexity index is 520. The molecule has 88 valence electrons. The highest BCUT2D eigenvalue weighted by atomic mass is 79.9. The van der Waals surface area contributed by atoms with Gasteiger partial charge in [0.25, 0.3) is 0 Å². The van der Waals surface area contributed by atoms with Gasteiger partial charge >= 0.3 is 5.97 Å². The highest BCUT2D eigenvalue weighted by Crippen LogP contribution is 2.13. The van der Waals surface area contributed by atoms with Gasteiger partial charge in [0.2, 0.25) is 0 Å². The number of H-pyrrole nitrogens is 1. The second-order valence-electron chi connectivity index (χ2n) is 3.54. The van der Waals surface area contributed by atoms with Crippen LogP contribution in [0, 0.1) is 0 Å². The monoisotopic (exact) mass is 294 g/mol. The normalized spacial score (nSPS) is 10.2. The molecule has 4 nitrogen and oxygen atoms in total. The molecule has 0 bridgehead atoms. The zero-order valence-corrected chi connectivity index (χ0v) is 10.8. The van der Waals surface area contributed by atoms with Crippen LogP contribution in [0.15, 0.2) is 34.9 Å². The molecule has 1 heterocycles. The Hall–Kier alpha value is -1.62. The number of nitrogens with zero attached hydrogens (tertiary/aromatic N) is 1. The molecule has 0 spiro atoms. The number of carbonyl (C=O) groups is 1. The fourth-order valence-electron chi connectivity index (χ4n) is 1.46. The smallest absolute Gasteiger partial charge is 0.356 e. The van der Waals surface area contributed by atoms with Crippen molar-refractivity contribution in [2.75, 3.05) is 7.11 Å². The molecule has 0 fully saturated rings. The maximum atomic E-state index is 11.2. The summed E-state index contributed by atoms with van der Waals surface area (Å²) in [6, 6.07) is 7.95. The number of halogens is 1. The Morgan fingerprint density at radius 1 is 1.41 bits per heavy atom. The lowest BCUT2D eigenvalue weighted by Gasteiger charge is -1.98. The topological polar surface area (TPSA) is 55.0 Å². The van der Waals surface area contributed by atoms with E-state index in [1.807, 2.05) is 24.3 Å². The SMILES string of the molecule is COC(=O)c1cnc(Cc2ccc(Br)cc2)[nH]1. The average Bonchev–Trinajstić information content (AvgIpc) is 2.80. The van der Waals surface area contributed by atoms with E-state index in [0.29, 0.717) is 12.1 Å². The zero-order chi connectivity index (χ0) is 12.3. The molecule has 1 aromatic carbocycles. The number of ether oxygens (including phenoxy) is 1. The van der Waals surface area contributed by atoms with Crippen LogP contribution in [0.2, 0.25) is 0 Å². The summed E-state index contributed by atoms with van der Waals surface area (Å²) >= 11 is 3.38. The summed E-state index contributed by atoms with van der Waals surface area (Å²) in [5.41, 5.74) is 1.50. The Labute approximate surface area is 107 Å². The average molecular weight is 295 g/mol. The molecule has 0 atom stereocenters. The molecule has 2 rings (SSSR count). The van der Waals surface area contributed by atoms with Crippen LogP contribution in [0.5, 0.6) is 0 Å². The van der Waals surface area contributed by atoms with E-state index in [1.54, 1.807) is 0 Å². The Kier molecular flexibility index (Phi) is 3.58. The van der Waals surface area contributed by atoms with Crippen LogP contribution in [0.3, 0.4) is 0 Å². The van der Waals surface area contributed by atoms with Crippen molar-refractivity contribution in [3.63, 3.8) is 0 Å². The first-order valence-electron chi connectivity index (χ1n) is 5.05. The number of benzene rings is 1. The number of hydrogen-bond acceptors (Lipinski definition) is 3. The fourth-order valence-corrected chi connectivity index (χ4v) is 1.73. The third-order valence-corrected chi connectivity index (χ3v) is 2.85. The van der Waals surface area contributed by atoms with Crippen LogP contribution in [0.1, 0.15) is 21.9 Å². The molecule has 0 saturated carbocycles. The lowest BCUT2D eigenvalue weighted by atomic mass is 10.1. The van der Waals surface area contributed by atoms with E-state index in [9.17, 15) is 4.79 Å². The molecule has 0 saturated heterocycles. The van der Waals surface area contributed by atoms with Gasteiger partial charge in [-0.25, -0.2) is 9.78 Å². The highest BCUT2D eigenvalue weighted by molar-refractivity contribution is 9.10. The van der Waals surface area contributed by atoms with Crippen LogP contribution in [0.25, 0.3) is 0 Å². The Balaban J connectivity index is 2.11. The summed E-state index contributed by atoms with van der Waals surface area (Å²) in [7, 11) is 1.34. The number of imidazole rings is 1. The first-order valence-corrected chi connectivity index (χ1v) is 5.85. The maximum Gasteiger partial charge on any atom is 0.356 e. The molecule has 0 unspecified atom stereocenters. The van der Waals surface area contributed by atoms with E-state index >= 15 is 0 Å². The fraction of sp³-hybridized carbons (Fsp3) is 0.167. The van der Waals surface area contributed by atoms with Gasteiger partial charge < -0.3 is 9.72 Å². The van der Waals surface area contributed by atoms with Gasteiger partial charge in [-0.1, -0.05) is 28.1 Å². The minimum absolute atomic E-state index is 0.375. The molecular weight excluding hydrogens is 284 g/mol. The van der Waals surface area contributed by atoms with Crippen molar-refractivity contribution < 1.29 is 9.53 Å². The number of nitrogens with one attached hydrogen (secondary N) is 1. The molecule has 1 N–H and O–H groups in total. The minimum Gasteiger partial charge on any atom is -0.464 e. The van der Waals surface area contributed by atoms with Crippen LogP contribution in [-0.4, -0.2) is 23.0 Å². The van der Waals surface area contributed by atoms with Gasteiger partial charge in [-0.2, -0.15) is 0 Å². The largest absolute Gasteiger partial charge is 0.464 e. The zero-order valence-electron chi connectivity index (χ0n) is 9.24. The van der Waals surface area contributed by atoms with Crippen molar-refractivity contribution in [1.82, 2.24) is 9.97 Å². The van der Waals surface area contributed by atoms with Crippen molar-refractivity contribution in [3.05, 3.63) is 52.0 Å². The van der Waals surface area contributed by atoms with Crippen molar-refractivity contribution >= 4 is 21.9 Å². The predicted molar refractivity (Wildman–Crippen MR) is 66.9 cm³/mol. The standard InChI is InChI=1S/C12H11BrN2O2/c1-17-12(16)10-7-14-11(15-10)6-8-2-4-9(13)5-3-8/h2-5,7H,6H2,1H3,(H,14,15). The molecule has 0 aliphatic carbocycles. The number of hydrogen-bond donors (Lipinski definition) is 1. The summed E-state index contributed by atoms with van der Waals surface area (Å²) < 4.78 is 5.64. The Morgan fingerprint density at radius 3 is 2.76 bits per heavy atom. The lowest BCUT2D eigenvalue weighted by molar-refractivity contribution is 0.0594. The van der Waals surface area contributed by atoms with E-state index in [4.69, 9.17) is 0 Å². The molecule has 0 amide bonds. The van der Waals surface area contributed by atoms with E-state index < -0.39 is 5.97 Å². The van der Waals surface area contributed by atoms with Crippen LogP contribution in [0.4, 0.5) is 0 Å². The van der Waals surface area contributed by atoms with Gasteiger partial charge in [0, 0.05) is 10.9 Å². The van der Waals surface area contributed by atoms with E-state index in [1.165, 1.54) is 13.3 Å². The number of rotatable bonds is 3. The quantitative estimate of drug-likeness (QED) is 0.885. The van der Waals surface area contributed by atoms with Crippen molar-refractivity contribution in [2.45, 2.75) is 6.42 Å². The van der Waals surface area contributed by atoms with Gasteiger partial charge in [-0.05, 0) is 17.7 Å². The van der Waals surface area contributed by atoms with Gasteiger partial charge in [0.05, 0.1) is 13.3 Å². The molecule has 1 aromatic heterocycles. The molecular formula is C12H11BrN2O2. The van der Waals surface area contributed by atoms with Gasteiger partial charge in [0.1, 0.15) is 11.5 Å². The predicted octanol–water partition coefficient (Wildman–Crippen LogP) is 2.55. The van der Waals surface area contributed by atoms with Crippen LogP contribution in [-0.2, 0) is 11.2 Å². The summed E-state index contributed by atoms with van der Waals surface area (Å²) in [4.78, 5) is 18.3. The van der Waals surface area contributed by atoms with Crippen LogP contribution >= 0.6 is 15.9 Å². The molecule has 0 aliphatic heterocycles. The van der Waals surface area contributed by atoms with Crippen LogP contribution < -0.4 is 0 Å². The first-order chi connectivity index (χ1) is 8.19. The maximum absolute atomic E-state index is 11.2. The van der Waals surface area contributed by atoms with Crippen molar-refractivity contribution in [1.29, 1.82) is 0 Å². The third-order valence-electron chi connectivity index (χ3n) is 2.32. The van der Waals surface area contributed by atoms with E-state index in [-0.39, 0.29) is 0 Å². The highest BCUT2D eigenvalue weighted by Gasteiger charge is 2.09. The molecule has 17 heavy (non-hydrogen) atoms. The number of aromatic nitrogens is 2. The van der Waals surface area contributed by atoms with E-state index in [2.05, 4.69) is 30.6 Å². The molecule has 0 radical (unpaired) electrons. The number of methoxy groups -OCH3 is 1. The molecule has 2 aromatic rings. The minimum atomic E-state index is -0.403. The second-order valence-corrected chi connectivity index (χ2v) is 4.45. The number of carbonyl (C=O) groups excluding carboxylic acids is 1. The van der Waals surface area contributed by atoms with Crippen molar-refractivity contribution in [3.8, 4) is 0 Å². The molecule has 0 aliphatic rings. The summed E-state index contributed by atoms with van der Waals surface area (Å²) in [5, 5.41) is 0. The summed E-state index contributed by atoms with van der Waals surface area (Å²) in [5.74, 6) is 0.340. The van der Waals surface area contributed by atoms with E-state index in [0.717, 1.165) is 15.9 Å². The lowest BCUT2D eigenvalue weighted by Crippen LogP contribution is -2.01. The Morgan fingerprint density at radius 2 is 2.12 bits per heavy atom.